The van der Waals surface area contributed by atoms with Crippen molar-refractivity contribution >= 4 is 27.0 Å². The third kappa shape index (κ3) is 2.15. The first-order valence-corrected chi connectivity index (χ1v) is 7.33. The molecule has 0 fully saturated rings. The fraction of sp³-hybridized carbons (Fsp3) is 0. The summed E-state index contributed by atoms with van der Waals surface area (Å²) in [5.74, 6) is 0. The predicted molar refractivity (Wildman–Crippen MR) is 86.4 cm³/mol. The zero-order chi connectivity index (χ0) is 14.2. The van der Waals surface area contributed by atoms with Gasteiger partial charge in [-0.05, 0) is 36.4 Å². The Hall–Kier alpha value is -2.40. The number of hydrogen-bond donors (Lipinski definition) is 1. The lowest BCUT2D eigenvalue weighted by Gasteiger charge is -2.05. The molecule has 0 unspecified atom stereocenters. The first-order chi connectivity index (χ1) is 10.3. The van der Waals surface area contributed by atoms with Crippen LogP contribution in [0.1, 0.15) is 0 Å². The Morgan fingerprint density at radius 3 is 2.81 bits per heavy atom. The van der Waals surface area contributed by atoms with Gasteiger partial charge in [0.2, 0.25) is 0 Å². The van der Waals surface area contributed by atoms with Gasteiger partial charge in [0.05, 0.1) is 16.7 Å². The summed E-state index contributed by atoms with van der Waals surface area (Å²) in [5, 5.41) is 6.96. The van der Waals surface area contributed by atoms with Gasteiger partial charge in [-0.2, -0.15) is 5.10 Å². The van der Waals surface area contributed by atoms with Crippen molar-refractivity contribution in [3.63, 3.8) is 0 Å². The van der Waals surface area contributed by atoms with Crippen LogP contribution in [0.3, 0.4) is 0 Å². The van der Waals surface area contributed by atoms with Gasteiger partial charge in [0.15, 0.2) is 0 Å². The number of benzene rings is 2. The quantitative estimate of drug-likeness (QED) is 0.596. The molecule has 2 aromatic carbocycles. The molecular weight excluding hydrogens is 328 g/mol. The van der Waals surface area contributed by atoms with Crippen molar-refractivity contribution in [3.8, 4) is 16.9 Å². The maximum atomic E-state index is 4.51. The minimum atomic E-state index is 0.960. The fourth-order valence-corrected chi connectivity index (χ4v) is 2.82. The molecular formula is C16H11BrN4. The Bertz CT molecular complexity index is 909. The molecule has 0 aliphatic carbocycles. The zero-order valence-corrected chi connectivity index (χ0v) is 12.6. The molecule has 0 aliphatic rings. The molecule has 0 aliphatic heterocycles. The second-order valence-corrected chi connectivity index (χ2v) is 5.68. The Morgan fingerprint density at radius 1 is 1.05 bits per heavy atom. The van der Waals surface area contributed by atoms with Crippen molar-refractivity contribution < 1.29 is 0 Å². The van der Waals surface area contributed by atoms with Crippen LogP contribution in [0.2, 0.25) is 0 Å². The average molecular weight is 339 g/mol. The van der Waals surface area contributed by atoms with Gasteiger partial charge in [-0.15, -0.1) is 0 Å². The predicted octanol–water partition coefficient (Wildman–Crippen LogP) is 4.18. The van der Waals surface area contributed by atoms with Crippen molar-refractivity contribution in [2.24, 2.45) is 0 Å². The number of nitrogens with one attached hydrogen (secondary N) is 1. The average Bonchev–Trinajstić information content (AvgIpc) is 3.16. The fourth-order valence-electron chi connectivity index (χ4n) is 2.43. The van der Waals surface area contributed by atoms with Crippen LogP contribution in [0.15, 0.2) is 65.5 Å². The molecule has 0 saturated heterocycles. The van der Waals surface area contributed by atoms with Crippen LogP contribution in [-0.2, 0) is 0 Å². The van der Waals surface area contributed by atoms with Crippen LogP contribution in [-0.4, -0.2) is 19.7 Å². The maximum absolute atomic E-state index is 4.51. The smallest absolute Gasteiger partial charge is 0.100 e. The highest BCUT2D eigenvalue weighted by atomic mass is 79.9. The molecule has 0 atom stereocenters. The normalized spacial score (nSPS) is 11.1. The van der Waals surface area contributed by atoms with E-state index >= 15 is 0 Å². The van der Waals surface area contributed by atoms with E-state index in [0.29, 0.717) is 0 Å². The largest absolute Gasteiger partial charge is 0.299 e. The van der Waals surface area contributed by atoms with E-state index in [9.17, 15) is 0 Å². The number of halogens is 1. The van der Waals surface area contributed by atoms with Gasteiger partial charge in [0.1, 0.15) is 6.33 Å². The first-order valence-electron chi connectivity index (χ1n) is 6.54. The Morgan fingerprint density at radius 2 is 2.00 bits per heavy atom. The second-order valence-electron chi connectivity index (χ2n) is 4.77. The lowest BCUT2D eigenvalue weighted by Crippen LogP contribution is -1.91. The van der Waals surface area contributed by atoms with E-state index in [1.807, 2.05) is 24.5 Å². The topological polar surface area (TPSA) is 46.5 Å². The minimum Gasteiger partial charge on any atom is -0.299 e. The van der Waals surface area contributed by atoms with Crippen molar-refractivity contribution in [2.75, 3.05) is 0 Å². The van der Waals surface area contributed by atoms with Crippen molar-refractivity contribution in [1.82, 2.24) is 19.7 Å². The third-order valence-corrected chi connectivity index (χ3v) is 3.94. The van der Waals surface area contributed by atoms with Crippen LogP contribution < -0.4 is 0 Å². The molecule has 21 heavy (non-hydrogen) atoms. The zero-order valence-electron chi connectivity index (χ0n) is 11.0. The number of aromatic amines is 1. The molecule has 0 radical (unpaired) electrons. The number of nitrogens with zero attached hydrogens (tertiary/aromatic N) is 3. The standard InChI is InChI=1S/C16H11BrN4/c17-12-2-1-3-13(9-12)21-10-18-15-8-11(4-5-16(15)21)14-6-7-19-20-14/h1-10H,(H,19,20). The number of H-pyrrole nitrogens is 1. The van der Waals surface area contributed by atoms with Gasteiger partial charge in [-0.1, -0.05) is 28.1 Å². The summed E-state index contributed by atoms with van der Waals surface area (Å²) >= 11 is 3.50. The number of hydrogen-bond acceptors (Lipinski definition) is 2. The van der Waals surface area contributed by atoms with Gasteiger partial charge >= 0.3 is 0 Å². The highest BCUT2D eigenvalue weighted by molar-refractivity contribution is 9.10. The van der Waals surface area contributed by atoms with Crippen LogP contribution in [0.5, 0.6) is 0 Å². The summed E-state index contributed by atoms with van der Waals surface area (Å²) in [4.78, 5) is 4.51. The highest BCUT2D eigenvalue weighted by Gasteiger charge is 2.07. The van der Waals surface area contributed by atoms with Crippen LogP contribution >= 0.6 is 15.9 Å². The second kappa shape index (κ2) is 4.86. The first kappa shape index (κ1) is 12.3. The van der Waals surface area contributed by atoms with Crippen LogP contribution in [0.4, 0.5) is 0 Å². The van der Waals surface area contributed by atoms with E-state index in [0.717, 1.165) is 32.5 Å². The third-order valence-electron chi connectivity index (χ3n) is 3.45. The monoisotopic (exact) mass is 338 g/mol. The summed E-state index contributed by atoms with van der Waals surface area (Å²) in [6.45, 7) is 0. The van der Waals surface area contributed by atoms with Gasteiger partial charge in [0, 0.05) is 21.9 Å². The van der Waals surface area contributed by atoms with Gasteiger partial charge in [-0.25, -0.2) is 4.98 Å². The summed E-state index contributed by atoms with van der Waals surface area (Å²) in [6.07, 6.45) is 3.60. The molecule has 5 heteroatoms. The molecule has 0 saturated carbocycles. The molecule has 0 bridgehead atoms. The molecule has 0 spiro atoms. The SMILES string of the molecule is Brc1cccc(-n2cnc3cc(-c4ccn[nH]4)ccc32)c1. The molecule has 1 N–H and O–H groups in total. The van der Waals surface area contributed by atoms with Crippen molar-refractivity contribution in [1.29, 1.82) is 0 Å². The van der Waals surface area contributed by atoms with Crippen molar-refractivity contribution in [2.45, 2.75) is 0 Å². The van der Waals surface area contributed by atoms with Gasteiger partial charge in [0.25, 0.3) is 0 Å². The van der Waals surface area contributed by atoms with E-state index in [1.165, 1.54) is 0 Å². The van der Waals surface area contributed by atoms with Crippen LogP contribution in [0.25, 0.3) is 28.0 Å². The van der Waals surface area contributed by atoms with Crippen LogP contribution in [0, 0.1) is 0 Å². The number of aromatic nitrogens is 4. The molecule has 4 nitrogen and oxygen atoms in total. The number of fused-ring (bicyclic) bond motifs is 1. The van der Waals surface area contributed by atoms with Gasteiger partial charge < -0.3 is 0 Å². The lowest BCUT2D eigenvalue weighted by atomic mass is 10.1. The molecule has 2 aromatic heterocycles. The summed E-state index contributed by atoms with van der Waals surface area (Å²) in [7, 11) is 0. The molecule has 2 heterocycles. The van der Waals surface area contributed by atoms with E-state index in [-0.39, 0.29) is 0 Å². The number of rotatable bonds is 2. The van der Waals surface area contributed by atoms with E-state index in [4.69, 9.17) is 0 Å². The Labute approximate surface area is 129 Å². The van der Waals surface area contributed by atoms with E-state index in [1.54, 1.807) is 6.20 Å². The maximum Gasteiger partial charge on any atom is 0.100 e. The Balaban J connectivity index is 1.86. The molecule has 4 aromatic rings. The molecule has 102 valence electrons. The molecule has 0 amide bonds. The van der Waals surface area contributed by atoms with Crippen molar-refractivity contribution in [3.05, 3.63) is 65.5 Å². The summed E-state index contributed by atoms with van der Waals surface area (Å²) < 4.78 is 3.13. The summed E-state index contributed by atoms with van der Waals surface area (Å²) in [6, 6.07) is 16.3. The minimum absolute atomic E-state index is 0.960. The lowest BCUT2D eigenvalue weighted by molar-refractivity contribution is 1.09. The summed E-state index contributed by atoms with van der Waals surface area (Å²) in [5.41, 5.74) is 5.20. The molecule has 4 rings (SSSR count). The van der Waals surface area contributed by atoms with E-state index in [2.05, 4.69) is 66.0 Å². The van der Waals surface area contributed by atoms with Gasteiger partial charge in [-0.3, -0.25) is 9.67 Å². The highest BCUT2D eigenvalue weighted by Crippen LogP contribution is 2.25. The van der Waals surface area contributed by atoms with E-state index < -0.39 is 0 Å². The Kier molecular flexibility index (Phi) is 2.86. The number of imidazole rings is 1.